The molecule has 0 spiro atoms. The van der Waals surface area contributed by atoms with Crippen LogP contribution in [0.4, 0.5) is 4.79 Å². The molecule has 136 valence electrons. The number of urea groups is 1. The molecule has 1 N–H and O–H groups in total. The number of hydrogen-bond donors (Lipinski definition) is 1. The van der Waals surface area contributed by atoms with Gasteiger partial charge in [-0.25, -0.2) is 4.79 Å². The molecule has 0 aliphatic carbocycles. The highest BCUT2D eigenvalue weighted by Gasteiger charge is 2.15. The van der Waals surface area contributed by atoms with E-state index in [2.05, 4.69) is 21.2 Å². The maximum absolute atomic E-state index is 12.3. The zero-order valence-corrected chi connectivity index (χ0v) is 17.0. The molecule has 0 aliphatic heterocycles. The van der Waals surface area contributed by atoms with E-state index in [9.17, 15) is 4.79 Å². The summed E-state index contributed by atoms with van der Waals surface area (Å²) >= 11 is 5.03. The molecule has 0 saturated carbocycles. The fraction of sp³-hybridized carbons (Fsp3) is 0.353. The molecule has 1 heterocycles. The number of methoxy groups -OCH3 is 3. The number of halogens is 1. The summed E-state index contributed by atoms with van der Waals surface area (Å²) in [6.07, 6.45) is 0. The van der Waals surface area contributed by atoms with E-state index < -0.39 is 0 Å². The van der Waals surface area contributed by atoms with E-state index in [1.54, 1.807) is 44.6 Å². The number of rotatable bonds is 7. The van der Waals surface area contributed by atoms with Gasteiger partial charge in [0.25, 0.3) is 0 Å². The molecular weight excluding hydrogens is 408 g/mol. The van der Waals surface area contributed by atoms with Crippen LogP contribution >= 0.6 is 27.3 Å². The molecule has 1 aromatic heterocycles. The van der Waals surface area contributed by atoms with Gasteiger partial charge in [0, 0.05) is 18.5 Å². The summed E-state index contributed by atoms with van der Waals surface area (Å²) in [5, 5.41) is 2.89. The summed E-state index contributed by atoms with van der Waals surface area (Å²) in [7, 11) is 6.44. The number of ether oxygens (including phenoxy) is 3. The van der Waals surface area contributed by atoms with Gasteiger partial charge in [0.1, 0.15) is 0 Å². The second-order valence-corrected chi connectivity index (χ2v) is 7.80. The topological polar surface area (TPSA) is 60.0 Å². The molecule has 8 heteroatoms. The van der Waals surface area contributed by atoms with Gasteiger partial charge in [-0.3, -0.25) is 0 Å². The van der Waals surface area contributed by atoms with Crippen molar-refractivity contribution in [1.82, 2.24) is 10.2 Å². The Morgan fingerprint density at radius 2 is 1.80 bits per heavy atom. The molecular formula is C17H21BrN2O4S. The number of carbonyl (C=O) groups is 1. The third-order valence-electron chi connectivity index (χ3n) is 3.54. The Bertz CT molecular complexity index is 710. The summed E-state index contributed by atoms with van der Waals surface area (Å²) in [6, 6.07) is 7.45. The Labute approximate surface area is 159 Å². The third-order valence-corrected chi connectivity index (χ3v) is 5.15. The molecule has 0 atom stereocenters. The summed E-state index contributed by atoms with van der Waals surface area (Å²) in [4.78, 5) is 15.0. The zero-order chi connectivity index (χ0) is 18.4. The lowest BCUT2D eigenvalue weighted by atomic mass is 10.2. The van der Waals surface area contributed by atoms with Crippen LogP contribution in [0.1, 0.15) is 10.4 Å². The van der Waals surface area contributed by atoms with Crippen molar-refractivity contribution in [2.75, 3.05) is 28.4 Å². The van der Waals surface area contributed by atoms with Crippen LogP contribution in [0.2, 0.25) is 0 Å². The minimum absolute atomic E-state index is 0.154. The van der Waals surface area contributed by atoms with Gasteiger partial charge in [0.15, 0.2) is 11.5 Å². The van der Waals surface area contributed by atoms with Crippen molar-refractivity contribution in [3.63, 3.8) is 0 Å². The van der Waals surface area contributed by atoms with Gasteiger partial charge in [-0.05, 0) is 45.8 Å². The van der Waals surface area contributed by atoms with Crippen LogP contribution in [0.25, 0.3) is 0 Å². The van der Waals surface area contributed by atoms with E-state index >= 15 is 0 Å². The molecule has 0 bridgehead atoms. The van der Waals surface area contributed by atoms with Crippen molar-refractivity contribution in [2.24, 2.45) is 0 Å². The van der Waals surface area contributed by atoms with E-state index in [1.165, 1.54) is 0 Å². The van der Waals surface area contributed by atoms with Crippen LogP contribution in [0, 0.1) is 0 Å². The van der Waals surface area contributed by atoms with Crippen LogP contribution in [0.15, 0.2) is 28.1 Å². The fourth-order valence-electron chi connectivity index (χ4n) is 2.29. The van der Waals surface area contributed by atoms with Crippen LogP contribution in [-0.2, 0) is 13.1 Å². The molecule has 0 radical (unpaired) electrons. The van der Waals surface area contributed by atoms with Gasteiger partial charge in [-0.1, -0.05) is 0 Å². The van der Waals surface area contributed by atoms with Crippen LogP contribution in [0.5, 0.6) is 17.2 Å². The number of thiophene rings is 1. The van der Waals surface area contributed by atoms with Gasteiger partial charge in [-0.2, -0.15) is 0 Å². The van der Waals surface area contributed by atoms with E-state index in [0.29, 0.717) is 30.3 Å². The van der Waals surface area contributed by atoms with Crippen molar-refractivity contribution < 1.29 is 19.0 Å². The molecule has 6 nitrogen and oxygen atoms in total. The summed E-state index contributed by atoms with van der Waals surface area (Å²) < 4.78 is 17.0. The summed E-state index contributed by atoms with van der Waals surface area (Å²) in [5.41, 5.74) is 0.857. The van der Waals surface area contributed by atoms with Gasteiger partial charge in [-0.15, -0.1) is 11.3 Å². The maximum atomic E-state index is 12.3. The second kappa shape index (κ2) is 8.96. The van der Waals surface area contributed by atoms with Crippen molar-refractivity contribution >= 4 is 33.3 Å². The third kappa shape index (κ3) is 5.02. The van der Waals surface area contributed by atoms with Crippen molar-refractivity contribution in [2.45, 2.75) is 13.1 Å². The highest BCUT2D eigenvalue weighted by molar-refractivity contribution is 9.11. The van der Waals surface area contributed by atoms with E-state index in [4.69, 9.17) is 14.2 Å². The van der Waals surface area contributed by atoms with E-state index in [0.717, 1.165) is 14.2 Å². The molecule has 0 unspecified atom stereocenters. The number of hydrogen-bond acceptors (Lipinski definition) is 5. The average molecular weight is 429 g/mol. The smallest absolute Gasteiger partial charge is 0.317 e. The summed E-state index contributed by atoms with van der Waals surface area (Å²) in [5.74, 6) is 1.64. The monoisotopic (exact) mass is 428 g/mol. The lowest BCUT2D eigenvalue weighted by Crippen LogP contribution is -2.36. The Hall–Kier alpha value is -1.93. The van der Waals surface area contributed by atoms with E-state index in [1.807, 2.05) is 24.3 Å². The number of nitrogens with zero attached hydrogens (tertiary/aromatic N) is 1. The number of benzene rings is 1. The first kappa shape index (κ1) is 19.4. The van der Waals surface area contributed by atoms with Crippen molar-refractivity contribution in [3.05, 3.63) is 38.5 Å². The molecule has 0 aliphatic rings. The minimum atomic E-state index is -0.154. The first-order valence-electron chi connectivity index (χ1n) is 7.50. The van der Waals surface area contributed by atoms with Gasteiger partial charge >= 0.3 is 6.03 Å². The van der Waals surface area contributed by atoms with Crippen LogP contribution < -0.4 is 19.5 Å². The number of nitrogens with one attached hydrogen (secondary N) is 1. The molecule has 0 fully saturated rings. The SMILES string of the molecule is COc1cc(CNC(=O)N(C)Cc2ccc(Br)s2)cc(OC)c1OC. The maximum Gasteiger partial charge on any atom is 0.317 e. The van der Waals surface area contributed by atoms with Crippen LogP contribution in [-0.4, -0.2) is 39.3 Å². The lowest BCUT2D eigenvalue weighted by Gasteiger charge is -2.18. The van der Waals surface area contributed by atoms with Crippen molar-refractivity contribution in [1.29, 1.82) is 0 Å². The lowest BCUT2D eigenvalue weighted by molar-refractivity contribution is 0.207. The molecule has 2 amide bonds. The molecule has 25 heavy (non-hydrogen) atoms. The number of carbonyl (C=O) groups excluding carboxylic acids is 1. The first-order valence-corrected chi connectivity index (χ1v) is 9.11. The predicted molar refractivity (Wildman–Crippen MR) is 102 cm³/mol. The quantitative estimate of drug-likeness (QED) is 0.726. The van der Waals surface area contributed by atoms with Gasteiger partial charge in [0.05, 0.1) is 31.7 Å². The Kier molecular flexibility index (Phi) is 6.95. The molecule has 2 rings (SSSR count). The largest absolute Gasteiger partial charge is 0.493 e. The number of amides is 2. The average Bonchev–Trinajstić information content (AvgIpc) is 3.03. The standard InChI is InChI=1S/C17H21BrN2O4S/c1-20(10-12-5-6-15(18)25-12)17(21)19-9-11-7-13(22-2)16(24-4)14(8-11)23-3/h5-8H,9-10H2,1-4H3,(H,19,21). The Morgan fingerprint density at radius 1 is 1.16 bits per heavy atom. The molecule has 1 aromatic carbocycles. The molecule has 0 saturated heterocycles. The highest BCUT2D eigenvalue weighted by atomic mass is 79.9. The van der Waals surface area contributed by atoms with Gasteiger partial charge < -0.3 is 24.4 Å². The normalized spacial score (nSPS) is 10.3. The summed E-state index contributed by atoms with van der Waals surface area (Å²) in [6.45, 7) is 0.908. The fourth-order valence-corrected chi connectivity index (χ4v) is 3.83. The van der Waals surface area contributed by atoms with Gasteiger partial charge in [0.2, 0.25) is 5.75 Å². The van der Waals surface area contributed by atoms with Crippen molar-refractivity contribution in [3.8, 4) is 17.2 Å². The minimum Gasteiger partial charge on any atom is -0.493 e. The molecule has 2 aromatic rings. The first-order chi connectivity index (χ1) is 12.0. The second-order valence-electron chi connectivity index (χ2n) is 5.25. The Balaban J connectivity index is 2.01. The highest BCUT2D eigenvalue weighted by Crippen LogP contribution is 2.38. The van der Waals surface area contributed by atoms with E-state index in [-0.39, 0.29) is 6.03 Å². The zero-order valence-electron chi connectivity index (χ0n) is 14.6. The predicted octanol–water partition coefficient (Wildman–Crippen LogP) is 3.88. The Morgan fingerprint density at radius 3 is 2.28 bits per heavy atom. The van der Waals surface area contributed by atoms with Crippen LogP contribution in [0.3, 0.4) is 0 Å².